The summed E-state index contributed by atoms with van der Waals surface area (Å²) in [4.78, 5) is 22.6. The van der Waals surface area contributed by atoms with Gasteiger partial charge in [0.05, 0.1) is 0 Å². The molecule has 0 saturated carbocycles. The highest BCUT2D eigenvalue weighted by Gasteiger charge is 2.45. The third-order valence-corrected chi connectivity index (χ3v) is 3.41. The van der Waals surface area contributed by atoms with E-state index in [2.05, 4.69) is 0 Å². The SMILES string of the molecule is CN(C=O)C1(C(=O)O)CCSC1. The van der Waals surface area contributed by atoms with Gasteiger partial charge in [-0.2, -0.15) is 11.8 Å². The number of hydrogen-bond acceptors (Lipinski definition) is 3. The Morgan fingerprint density at radius 3 is 2.75 bits per heavy atom. The molecular weight excluding hydrogens is 178 g/mol. The lowest BCUT2D eigenvalue weighted by Crippen LogP contribution is -2.52. The third-order valence-electron chi connectivity index (χ3n) is 2.23. The highest BCUT2D eigenvalue weighted by molar-refractivity contribution is 7.99. The van der Waals surface area contributed by atoms with E-state index in [9.17, 15) is 9.59 Å². The molecule has 1 aliphatic rings. The molecule has 1 amide bonds. The first-order chi connectivity index (χ1) is 5.63. The van der Waals surface area contributed by atoms with Crippen LogP contribution in [0, 0.1) is 0 Å². The summed E-state index contributed by atoms with van der Waals surface area (Å²) in [6, 6.07) is 0. The summed E-state index contributed by atoms with van der Waals surface area (Å²) in [6.07, 6.45) is 1.13. The molecule has 1 fully saturated rings. The zero-order valence-electron chi connectivity index (χ0n) is 6.82. The second kappa shape index (κ2) is 3.35. The topological polar surface area (TPSA) is 57.6 Å². The van der Waals surface area contributed by atoms with Gasteiger partial charge in [-0.15, -0.1) is 0 Å². The number of rotatable bonds is 3. The van der Waals surface area contributed by atoms with Crippen LogP contribution in [0.15, 0.2) is 0 Å². The van der Waals surface area contributed by atoms with E-state index in [1.165, 1.54) is 11.9 Å². The maximum atomic E-state index is 10.9. The van der Waals surface area contributed by atoms with Crippen LogP contribution in [-0.2, 0) is 9.59 Å². The number of carbonyl (C=O) groups is 2. The van der Waals surface area contributed by atoms with Gasteiger partial charge in [-0.1, -0.05) is 0 Å². The molecule has 0 spiro atoms. The van der Waals surface area contributed by atoms with Gasteiger partial charge in [0.2, 0.25) is 6.41 Å². The predicted octanol–water partition coefficient (Wildman–Crippen LogP) is 0.0349. The van der Waals surface area contributed by atoms with Crippen molar-refractivity contribution in [2.75, 3.05) is 18.6 Å². The number of carboxylic acids is 1. The fourth-order valence-corrected chi connectivity index (χ4v) is 2.69. The number of hydrogen-bond donors (Lipinski definition) is 1. The maximum Gasteiger partial charge on any atom is 0.330 e. The first-order valence-electron chi connectivity index (χ1n) is 3.63. The number of thioether (sulfide) groups is 1. The number of amides is 1. The lowest BCUT2D eigenvalue weighted by atomic mass is 9.98. The van der Waals surface area contributed by atoms with Crippen LogP contribution in [-0.4, -0.2) is 46.5 Å². The lowest BCUT2D eigenvalue weighted by molar-refractivity contribution is -0.152. The van der Waals surface area contributed by atoms with E-state index in [-0.39, 0.29) is 0 Å². The Kier molecular flexibility index (Phi) is 2.62. The third kappa shape index (κ3) is 1.29. The average Bonchev–Trinajstić information content (AvgIpc) is 2.52. The predicted molar refractivity (Wildman–Crippen MR) is 46.1 cm³/mol. The minimum absolute atomic E-state index is 0.498. The Labute approximate surface area is 74.9 Å². The molecule has 0 aromatic carbocycles. The summed E-state index contributed by atoms with van der Waals surface area (Å²) < 4.78 is 0. The first-order valence-corrected chi connectivity index (χ1v) is 4.78. The monoisotopic (exact) mass is 189 g/mol. The number of nitrogens with zero attached hydrogens (tertiary/aromatic N) is 1. The van der Waals surface area contributed by atoms with Crippen molar-refractivity contribution in [2.24, 2.45) is 0 Å². The second-order valence-electron chi connectivity index (χ2n) is 2.86. The summed E-state index contributed by atoms with van der Waals surface area (Å²) in [6.45, 7) is 0. The zero-order valence-corrected chi connectivity index (χ0v) is 7.63. The van der Waals surface area contributed by atoms with Crippen molar-refractivity contribution in [3.05, 3.63) is 0 Å². The normalized spacial score (nSPS) is 28.4. The first kappa shape index (κ1) is 9.38. The van der Waals surface area contributed by atoms with E-state index >= 15 is 0 Å². The Balaban J connectivity index is 2.85. The van der Waals surface area contributed by atoms with Crippen molar-refractivity contribution in [2.45, 2.75) is 12.0 Å². The zero-order chi connectivity index (χ0) is 9.19. The molecule has 1 rings (SSSR count). The molecule has 0 bridgehead atoms. The fourth-order valence-electron chi connectivity index (χ4n) is 1.25. The molecule has 4 nitrogen and oxygen atoms in total. The molecule has 1 heterocycles. The van der Waals surface area contributed by atoms with E-state index in [4.69, 9.17) is 5.11 Å². The van der Waals surface area contributed by atoms with Gasteiger partial charge < -0.3 is 10.0 Å². The number of likely N-dealkylation sites (N-methyl/N-ethyl adjacent to an activating group) is 1. The molecule has 1 saturated heterocycles. The highest BCUT2D eigenvalue weighted by Crippen LogP contribution is 2.32. The standard InChI is InChI=1S/C7H11NO3S/c1-8(5-9)7(6(10)11)2-3-12-4-7/h5H,2-4H2,1H3,(H,10,11). The molecular formula is C7H11NO3S. The number of carbonyl (C=O) groups excluding carboxylic acids is 1. The van der Waals surface area contributed by atoms with Crippen LogP contribution < -0.4 is 0 Å². The Bertz CT molecular complexity index is 201. The molecule has 0 aromatic rings. The van der Waals surface area contributed by atoms with Gasteiger partial charge in [-0.25, -0.2) is 4.79 Å². The summed E-state index contributed by atoms with van der Waals surface area (Å²) >= 11 is 1.57. The van der Waals surface area contributed by atoms with Crippen molar-refractivity contribution in [1.82, 2.24) is 4.90 Å². The number of carboxylic acid groups (broad SMARTS) is 1. The minimum Gasteiger partial charge on any atom is -0.479 e. The van der Waals surface area contributed by atoms with E-state index in [1.807, 2.05) is 0 Å². The van der Waals surface area contributed by atoms with Gasteiger partial charge in [0.25, 0.3) is 0 Å². The van der Waals surface area contributed by atoms with Gasteiger partial charge in [0.1, 0.15) is 5.54 Å². The van der Waals surface area contributed by atoms with Gasteiger partial charge in [-0.3, -0.25) is 4.79 Å². The molecule has 68 valence electrons. The minimum atomic E-state index is -0.952. The van der Waals surface area contributed by atoms with Crippen LogP contribution in [0.5, 0.6) is 0 Å². The second-order valence-corrected chi connectivity index (χ2v) is 3.96. The van der Waals surface area contributed by atoms with Gasteiger partial charge in [0, 0.05) is 12.8 Å². The fraction of sp³-hybridized carbons (Fsp3) is 0.714. The van der Waals surface area contributed by atoms with Crippen LogP contribution in [0.1, 0.15) is 6.42 Å². The van der Waals surface area contributed by atoms with Crippen LogP contribution in [0.25, 0.3) is 0 Å². The Morgan fingerprint density at radius 1 is 1.75 bits per heavy atom. The average molecular weight is 189 g/mol. The van der Waals surface area contributed by atoms with Crippen molar-refractivity contribution in [1.29, 1.82) is 0 Å². The molecule has 1 unspecified atom stereocenters. The largest absolute Gasteiger partial charge is 0.479 e. The van der Waals surface area contributed by atoms with E-state index in [0.29, 0.717) is 18.6 Å². The van der Waals surface area contributed by atoms with Crippen molar-refractivity contribution < 1.29 is 14.7 Å². The molecule has 0 aromatic heterocycles. The molecule has 0 radical (unpaired) electrons. The van der Waals surface area contributed by atoms with Crippen LogP contribution in [0.2, 0.25) is 0 Å². The van der Waals surface area contributed by atoms with Crippen LogP contribution in [0.3, 0.4) is 0 Å². The molecule has 1 atom stereocenters. The highest BCUT2D eigenvalue weighted by atomic mass is 32.2. The van der Waals surface area contributed by atoms with E-state index in [0.717, 1.165) is 5.75 Å². The molecule has 0 aliphatic carbocycles. The Morgan fingerprint density at radius 2 is 2.42 bits per heavy atom. The van der Waals surface area contributed by atoms with Crippen molar-refractivity contribution in [3.63, 3.8) is 0 Å². The van der Waals surface area contributed by atoms with E-state index in [1.54, 1.807) is 11.8 Å². The maximum absolute atomic E-state index is 10.9. The molecule has 1 aliphatic heterocycles. The smallest absolute Gasteiger partial charge is 0.330 e. The molecule has 12 heavy (non-hydrogen) atoms. The van der Waals surface area contributed by atoms with Crippen LogP contribution in [0.4, 0.5) is 0 Å². The Hall–Kier alpha value is -0.710. The summed E-state index contributed by atoms with van der Waals surface area (Å²) in [7, 11) is 1.52. The molecule has 5 heteroatoms. The number of aliphatic carboxylic acids is 1. The lowest BCUT2D eigenvalue weighted by Gasteiger charge is -2.30. The summed E-state index contributed by atoms with van der Waals surface area (Å²) in [5, 5.41) is 8.95. The van der Waals surface area contributed by atoms with Crippen molar-refractivity contribution in [3.8, 4) is 0 Å². The quantitative estimate of drug-likeness (QED) is 0.637. The molecule has 1 N–H and O–H groups in total. The van der Waals surface area contributed by atoms with Gasteiger partial charge in [0.15, 0.2) is 0 Å². The summed E-state index contributed by atoms with van der Waals surface area (Å²) in [5.74, 6) is 0.407. The van der Waals surface area contributed by atoms with Crippen molar-refractivity contribution >= 4 is 24.1 Å². The van der Waals surface area contributed by atoms with E-state index < -0.39 is 11.5 Å². The van der Waals surface area contributed by atoms with Crippen LogP contribution >= 0.6 is 11.8 Å². The van der Waals surface area contributed by atoms with Gasteiger partial charge >= 0.3 is 5.97 Å². The van der Waals surface area contributed by atoms with Gasteiger partial charge in [-0.05, 0) is 12.2 Å². The summed E-state index contributed by atoms with van der Waals surface area (Å²) in [5.41, 5.74) is -0.952.